The first-order valence-electron chi connectivity index (χ1n) is 7.44. The minimum Gasteiger partial charge on any atom is -0.361 e. The lowest BCUT2D eigenvalue weighted by atomic mass is 10.1. The second-order valence-corrected chi connectivity index (χ2v) is 6.24. The Labute approximate surface area is 129 Å². The monoisotopic (exact) mass is 300 g/mol. The largest absolute Gasteiger partial charge is 0.361 e. The van der Waals surface area contributed by atoms with E-state index in [-0.39, 0.29) is 11.9 Å². The third-order valence-electron chi connectivity index (χ3n) is 3.98. The van der Waals surface area contributed by atoms with Gasteiger partial charge in [0.25, 0.3) is 0 Å². The molecular formula is C17H20N2OS. The zero-order valence-corrected chi connectivity index (χ0v) is 13.0. The molecule has 0 spiro atoms. The van der Waals surface area contributed by atoms with Crippen molar-refractivity contribution in [2.75, 3.05) is 18.0 Å². The highest BCUT2D eigenvalue weighted by Gasteiger charge is 2.27. The van der Waals surface area contributed by atoms with Gasteiger partial charge in [-0.05, 0) is 29.5 Å². The van der Waals surface area contributed by atoms with E-state index in [0.717, 1.165) is 13.0 Å². The Kier molecular flexibility index (Phi) is 4.25. The molecule has 2 heterocycles. The molecule has 1 atom stereocenters. The van der Waals surface area contributed by atoms with Crippen LogP contribution in [0.3, 0.4) is 0 Å². The molecule has 0 aliphatic carbocycles. The molecule has 21 heavy (non-hydrogen) atoms. The van der Waals surface area contributed by atoms with Gasteiger partial charge in [-0.2, -0.15) is 0 Å². The molecular weight excluding hydrogens is 280 g/mol. The highest BCUT2D eigenvalue weighted by Crippen LogP contribution is 2.36. The number of benzene rings is 1. The molecule has 3 nitrogen and oxygen atoms in total. The number of fused-ring (bicyclic) bond motifs is 1. The SMILES string of the molecule is CCC(=O)NCC(c1cccs1)N1CCc2ccccc21. The van der Waals surface area contributed by atoms with E-state index in [4.69, 9.17) is 0 Å². The summed E-state index contributed by atoms with van der Waals surface area (Å²) in [4.78, 5) is 15.4. The summed E-state index contributed by atoms with van der Waals surface area (Å²) in [5.41, 5.74) is 2.71. The maximum Gasteiger partial charge on any atom is 0.219 e. The van der Waals surface area contributed by atoms with E-state index in [9.17, 15) is 4.79 Å². The van der Waals surface area contributed by atoms with E-state index in [1.165, 1.54) is 16.1 Å². The Morgan fingerprint density at radius 2 is 2.19 bits per heavy atom. The molecule has 4 heteroatoms. The first-order chi connectivity index (χ1) is 10.3. The van der Waals surface area contributed by atoms with E-state index in [1.54, 1.807) is 11.3 Å². The van der Waals surface area contributed by atoms with Crippen molar-refractivity contribution in [2.45, 2.75) is 25.8 Å². The normalized spacial score (nSPS) is 14.8. The van der Waals surface area contributed by atoms with Crippen molar-refractivity contribution in [1.82, 2.24) is 5.32 Å². The van der Waals surface area contributed by atoms with Crippen molar-refractivity contribution >= 4 is 22.9 Å². The van der Waals surface area contributed by atoms with Gasteiger partial charge in [0.15, 0.2) is 0 Å². The third kappa shape index (κ3) is 2.95. The Balaban J connectivity index is 1.84. The van der Waals surface area contributed by atoms with E-state index in [0.29, 0.717) is 13.0 Å². The molecule has 110 valence electrons. The molecule has 1 N–H and O–H groups in total. The standard InChI is InChI=1S/C17H20N2OS/c1-2-17(20)18-12-15(16-8-5-11-21-16)19-10-9-13-6-3-4-7-14(13)19/h3-8,11,15H,2,9-10,12H2,1H3,(H,18,20). The van der Waals surface area contributed by atoms with Gasteiger partial charge in [0.05, 0.1) is 6.04 Å². The summed E-state index contributed by atoms with van der Waals surface area (Å²) < 4.78 is 0. The van der Waals surface area contributed by atoms with Crippen molar-refractivity contribution in [2.24, 2.45) is 0 Å². The lowest BCUT2D eigenvalue weighted by molar-refractivity contribution is -0.120. The highest BCUT2D eigenvalue weighted by molar-refractivity contribution is 7.10. The molecule has 0 bridgehead atoms. The topological polar surface area (TPSA) is 32.3 Å². The van der Waals surface area contributed by atoms with Crippen LogP contribution in [-0.2, 0) is 11.2 Å². The van der Waals surface area contributed by atoms with E-state index in [2.05, 4.69) is 52.0 Å². The zero-order valence-electron chi connectivity index (χ0n) is 12.2. The van der Waals surface area contributed by atoms with Gasteiger partial charge >= 0.3 is 0 Å². The van der Waals surface area contributed by atoms with Crippen LogP contribution in [0, 0.1) is 0 Å². The number of para-hydroxylation sites is 1. The molecule has 1 aromatic carbocycles. The molecule has 0 fully saturated rings. The Morgan fingerprint density at radius 1 is 1.33 bits per heavy atom. The molecule has 1 aliphatic rings. The van der Waals surface area contributed by atoms with E-state index >= 15 is 0 Å². The number of anilines is 1. The van der Waals surface area contributed by atoms with Gasteiger partial charge in [-0.15, -0.1) is 11.3 Å². The minimum absolute atomic E-state index is 0.115. The molecule has 1 amide bonds. The van der Waals surface area contributed by atoms with Crippen LogP contribution in [0.2, 0.25) is 0 Å². The average Bonchev–Trinajstić information content (AvgIpc) is 3.17. The van der Waals surface area contributed by atoms with Crippen molar-refractivity contribution in [3.63, 3.8) is 0 Å². The Hall–Kier alpha value is -1.81. The summed E-state index contributed by atoms with van der Waals surface area (Å²) in [5, 5.41) is 5.16. The predicted octanol–water partition coefficient (Wildman–Crippen LogP) is 3.38. The van der Waals surface area contributed by atoms with Crippen LogP contribution in [0.1, 0.15) is 29.8 Å². The number of nitrogens with zero attached hydrogens (tertiary/aromatic N) is 1. The molecule has 0 saturated carbocycles. The first kappa shape index (κ1) is 14.1. The fourth-order valence-corrected chi connectivity index (χ4v) is 3.71. The summed E-state index contributed by atoms with van der Waals surface area (Å²) >= 11 is 1.76. The summed E-state index contributed by atoms with van der Waals surface area (Å²) in [6.45, 7) is 3.58. The first-order valence-corrected chi connectivity index (χ1v) is 8.32. The number of carbonyl (C=O) groups excluding carboxylic acids is 1. The fraction of sp³-hybridized carbons (Fsp3) is 0.353. The van der Waals surface area contributed by atoms with Gasteiger partial charge < -0.3 is 10.2 Å². The van der Waals surface area contributed by atoms with Crippen molar-refractivity contribution in [3.05, 3.63) is 52.2 Å². The van der Waals surface area contributed by atoms with Gasteiger partial charge in [-0.25, -0.2) is 0 Å². The van der Waals surface area contributed by atoms with Crippen molar-refractivity contribution in [1.29, 1.82) is 0 Å². The summed E-state index contributed by atoms with van der Waals surface area (Å²) in [7, 11) is 0. The molecule has 1 unspecified atom stereocenters. The maximum absolute atomic E-state index is 11.6. The summed E-state index contributed by atoms with van der Waals surface area (Å²) in [6.07, 6.45) is 1.62. The van der Waals surface area contributed by atoms with Crippen LogP contribution in [0.5, 0.6) is 0 Å². The Bertz CT molecular complexity index is 609. The number of hydrogen-bond acceptors (Lipinski definition) is 3. The number of thiophene rings is 1. The Morgan fingerprint density at radius 3 is 2.95 bits per heavy atom. The molecule has 0 saturated heterocycles. The number of amides is 1. The quantitative estimate of drug-likeness (QED) is 0.918. The average molecular weight is 300 g/mol. The molecule has 2 aromatic rings. The zero-order chi connectivity index (χ0) is 14.7. The fourth-order valence-electron chi connectivity index (χ4n) is 2.87. The smallest absolute Gasteiger partial charge is 0.219 e. The van der Waals surface area contributed by atoms with Crippen LogP contribution in [0.15, 0.2) is 41.8 Å². The van der Waals surface area contributed by atoms with E-state index in [1.807, 2.05) is 6.92 Å². The molecule has 1 aromatic heterocycles. The number of carbonyl (C=O) groups is 1. The van der Waals surface area contributed by atoms with Crippen molar-refractivity contribution < 1.29 is 4.79 Å². The second kappa shape index (κ2) is 6.31. The minimum atomic E-state index is 0.115. The van der Waals surface area contributed by atoms with Crippen LogP contribution < -0.4 is 10.2 Å². The van der Waals surface area contributed by atoms with Gasteiger partial charge in [0, 0.05) is 30.1 Å². The summed E-state index contributed by atoms with van der Waals surface area (Å²) in [5.74, 6) is 0.115. The molecule has 1 aliphatic heterocycles. The number of hydrogen-bond donors (Lipinski definition) is 1. The highest BCUT2D eigenvalue weighted by atomic mass is 32.1. The summed E-state index contributed by atoms with van der Waals surface area (Å²) in [6, 6.07) is 13.0. The maximum atomic E-state index is 11.6. The lowest BCUT2D eigenvalue weighted by Gasteiger charge is -2.30. The molecule has 0 radical (unpaired) electrons. The van der Waals surface area contributed by atoms with Crippen molar-refractivity contribution in [3.8, 4) is 0 Å². The third-order valence-corrected chi connectivity index (χ3v) is 4.96. The van der Waals surface area contributed by atoms with Gasteiger partial charge in [0.2, 0.25) is 5.91 Å². The van der Waals surface area contributed by atoms with Gasteiger partial charge in [-0.1, -0.05) is 31.2 Å². The van der Waals surface area contributed by atoms with Gasteiger partial charge in [0.1, 0.15) is 0 Å². The van der Waals surface area contributed by atoms with Crippen LogP contribution >= 0.6 is 11.3 Å². The number of rotatable bonds is 5. The van der Waals surface area contributed by atoms with Gasteiger partial charge in [-0.3, -0.25) is 4.79 Å². The number of nitrogens with one attached hydrogen (secondary N) is 1. The van der Waals surface area contributed by atoms with Crippen LogP contribution in [0.25, 0.3) is 0 Å². The predicted molar refractivity (Wildman–Crippen MR) is 87.9 cm³/mol. The van der Waals surface area contributed by atoms with Crippen LogP contribution in [0.4, 0.5) is 5.69 Å². The molecule has 3 rings (SSSR count). The van der Waals surface area contributed by atoms with E-state index < -0.39 is 0 Å². The lowest BCUT2D eigenvalue weighted by Crippen LogP contribution is -2.36. The van der Waals surface area contributed by atoms with Crippen LogP contribution in [-0.4, -0.2) is 19.0 Å². The second-order valence-electron chi connectivity index (χ2n) is 5.26.